The molecule has 1 N–H and O–H groups in total. The van der Waals surface area contributed by atoms with E-state index in [-0.39, 0.29) is 17.4 Å². The Bertz CT molecular complexity index is 460. The number of nitrogens with one attached hydrogen (secondary N) is 1. The second-order valence-electron chi connectivity index (χ2n) is 4.21. The number of carbonyl (C=O) groups is 1. The highest BCUT2D eigenvalue weighted by atomic mass is 16.1. The number of Topliss-reactive ketones (excluding diaryl/α,β-unsaturated/α-hetero) is 1. The predicted molar refractivity (Wildman–Crippen MR) is 56.2 cm³/mol. The van der Waals surface area contributed by atoms with Crippen LogP contribution in [0.1, 0.15) is 54.4 Å². The zero-order chi connectivity index (χ0) is 11.0. The third-order valence-corrected chi connectivity index (χ3v) is 2.69. The van der Waals surface area contributed by atoms with Gasteiger partial charge in [0, 0.05) is 12.1 Å². The van der Waals surface area contributed by atoms with Gasteiger partial charge in [-0.25, -0.2) is 4.79 Å². The summed E-state index contributed by atoms with van der Waals surface area (Å²) in [5, 5.41) is 0. The maximum absolute atomic E-state index is 11.8. The van der Waals surface area contributed by atoms with Crippen molar-refractivity contribution in [3.63, 3.8) is 0 Å². The first-order valence-electron chi connectivity index (χ1n) is 5.26. The smallest absolute Gasteiger partial charge is 0.309 e. The molecule has 1 aromatic heterocycles. The Hall–Kier alpha value is -1.45. The number of H-pyrrole nitrogens is 1. The number of nitrogens with zero attached hydrogens (tertiary/aromatic N) is 1. The van der Waals surface area contributed by atoms with Gasteiger partial charge >= 0.3 is 5.69 Å². The molecular weight excluding hydrogens is 192 g/mol. The zero-order valence-corrected chi connectivity index (χ0v) is 8.96. The van der Waals surface area contributed by atoms with Crippen molar-refractivity contribution >= 4 is 5.78 Å². The van der Waals surface area contributed by atoms with Crippen molar-refractivity contribution in [2.75, 3.05) is 0 Å². The van der Waals surface area contributed by atoms with E-state index in [0.717, 1.165) is 18.5 Å². The Morgan fingerprint density at radius 1 is 1.27 bits per heavy atom. The fourth-order valence-corrected chi connectivity index (χ4v) is 2.01. The van der Waals surface area contributed by atoms with Gasteiger partial charge < -0.3 is 4.98 Å². The van der Waals surface area contributed by atoms with E-state index in [4.69, 9.17) is 0 Å². The Balaban J connectivity index is 2.69. The van der Waals surface area contributed by atoms with Crippen LogP contribution in [0.3, 0.4) is 0 Å². The molecule has 0 atom stereocenters. The number of hydrogen-bond donors (Lipinski definition) is 1. The van der Waals surface area contributed by atoms with E-state index in [1.54, 1.807) is 0 Å². The summed E-state index contributed by atoms with van der Waals surface area (Å²) in [5.74, 6) is 0.229. The average molecular weight is 206 g/mol. The molecule has 2 rings (SSSR count). The molecule has 0 aromatic carbocycles. The molecular formula is C11H14N2O2. The van der Waals surface area contributed by atoms with Crippen molar-refractivity contribution in [2.45, 2.75) is 39.0 Å². The molecule has 1 aliphatic carbocycles. The molecule has 0 aliphatic heterocycles. The van der Waals surface area contributed by atoms with Crippen molar-refractivity contribution in [1.29, 1.82) is 0 Å². The van der Waals surface area contributed by atoms with Crippen LogP contribution in [-0.4, -0.2) is 15.8 Å². The summed E-state index contributed by atoms with van der Waals surface area (Å²) < 4.78 is 0. The van der Waals surface area contributed by atoms with Crippen LogP contribution < -0.4 is 5.69 Å². The lowest BCUT2D eigenvalue weighted by Gasteiger charge is -2.18. The third-order valence-electron chi connectivity index (χ3n) is 2.69. The molecule has 80 valence electrons. The Kier molecular flexibility index (Phi) is 2.42. The SMILES string of the molecule is CC(C)c1nc(=O)[nH]c2c1C(=O)CCC2. The minimum absolute atomic E-state index is 0.114. The van der Waals surface area contributed by atoms with E-state index in [9.17, 15) is 9.59 Å². The summed E-state index contributed by atoms with van der Waals surface area (Å²) in [6, 6.07) is 0. The van der Waals surface area contributed by atoms with Crippen LogP contribution in [-0.2, 0) is 6.42 Å². The van der Waals surface area contributed by atoms with E-state index >= 15 is 0 Å². The second kappa shape index (κ2) is 3.61. The van der Waals surface area contributed by atoms with Gasteiger partial charge in [-0.2, -0.15) is 4.98 Å². The first-order valence-corrected chi connectivity index (χ1v) is 5.26. The molecule has 15 heavy (non-hydrogen) atoms. The first-order chi connectivity index (χ1) is 7.09. The van der Waals surface area contributed by atoms with Gasteiger partial charge in [-0.1, -0.05) is 13.8 Å². The van der Waals surface area contributed by atoms with Gasteiger partial charge in [0.1, 0.15) is 0 Å². The first kappa shape index (κ1) is 10.1. The fourth-order valence-electron chi connectivity index (χ4n) is 2.01. The molecule has 4 nitrogen and oxygen atoms in total. The van der Waals surface area contributed by atoms with Crippen molar-refractivity contribution in [2.24, 2.45) is 0 Å². The molecule has 4 heteroatoms. The monoisotopic (exact) mass is 206 g/mol. The van der Waals surface area contributed by atoms with Crippen LogP contribution >= 0.6 is 0 Å². The number of fused-ring (bicyclic) bond motifs is 1. The Labute approximate surface area is 87.7 Å². The van der Waals surface area contributed by atoms with Gasteiger partial charge in [-0.3, -0.25) is 4.79 Å². The van der Waals surface area contributed by atoms with Gasteiger partial charge in [0.2, 0.25) is 0 Å². The number of hydrogen-bond acceptors (Lipinski definition) is 3. The molecule has 0 bridgehead atoms. The van der Waals surface area contributed by atoms with E-state index in [2.05, 4.69) is 9.97 Å². The standard InChI is InChI=1S/C11H14N2O2/c1-6(2)10-9-7(12-11(15)13-10)4-3-5-8(9)14/h6H,3-5H2,1-2H3,(H,12,13,15). The number of rotatable bonds is 1. The van der Waals surface area contributed by atoms with Crippen LogP contribution in [0, 0.1) is 0 Å². The van der Waals surface area contributed by atoms with E-state index in [1.807, 2.05) is 13.8 Å². The fraction of sp³-hybridized carbons (Fsp3) is 0.545. The Morgan fingerprint density at radius 3 is 2.67 bits per heavy atom. The van der Waals surface area contributed by atoms with Crippen LogP contribution in [0.2, 0.25) is 0 Å². The zero-order valence-electron chi connectivity index (χ0n) is 8.96. The molecule has 0 radical (unpaired) electrons. The highest BCUT2D eigenvalue weighted by Gasteiger charge is 2.24. The van der Waals surface area contributed by atoms with Crippen LogP contribution in [0.5, 0.6) is 0 Å². The Morgan fingerprint density at radius 2 is 2.00 bits per heavy atom. The van der Waals surface area contributed by atoms with Crippen molar-refractivity contribution in [3.8, 4) is 0 Å². The number of aromatic nitrogens is 2. The third kappa shape index (κ3) is 1.71. The molecule has 0 saturated carbocycles. The lowest BCUT2D eigenvalue weighted by molar-refractivity contribution is 0.0969. The number of carbonyl (C=O) groups excluding carboxylic acids is 1. The van der Waals surface area contributed by atoms with Crippen molar-refractivity contribution in [3.05, 3.63) is 27.4 Å². The lowest BCUT2D eigenvalue weighted by Crippen LogP contribution is -2.25. The molecule has 0 spiro atoms. The van der Waals surface area contributed by atoms with E-state index < -0.39 is 0 Å². The van der Waals surface area contributed by atoms with E-state index in [1.165, 1.54) is 0 Å². The molecule has 0 unspecified atom stereocenters. The molecule has 0 amide bonds. The normalized spacial score (nSPS) is 15.5. The van der Waals surface area contributed by atoms with Gasteiger partial charge in [-0.15, -0.1) is 0 Å². The molecule has 1 aliphatic rings. The van der Waals surface area contributed by atoms with Crippen LogP contribution in [0.25, 0.3) is 0 Å². The largest absolute Gasteiger partial charge is 0.345 e. The summed E-state index contributed by atoms with van der Waals surface area (Å²) in [6.45, 7) is 3.90. The quantitative estimate of drug-likeness (QED) is 0.755. The minimum Gasteiger partial charge on any atom is -0.309 e. The average Bonchev–Trinajstić information content (AvgIpc) is 2.16. The summed E-state index contributed by atoms with van der Waals surface area (Å²) in [6.07, 6.45) is 2.17. The van der Waals surface area contributed by atoms with Crippen LogP contribution in [0.4, 0.5) is 0 Å². The highest BCUT2D eigenvalue weighted by Crippen LogP contribution is 2.24. The maximum atomic E-state index is 11.8. The summed E-state index contributed by atoms with van der Waals surface area (Å²) in [5.41, 5.74) is 1.75. The molecule has 0 fully saturated rings. The van der Waals surface area contributed by atoms with Gasteiger partial charge in [0.15, 0.2) is 5.78 Å². The minimum atomic E-state index is -0.341. The molecule has 0 saturated heterocycles. The molecule has 1 heterocycles. The van der Waals surface area contributed by atoms with Crippen LogP contribution in [0.15, 0.2) is 4.79 Å². The summed E-state index contributed by atoms with van der Waals surface area (Å²) >= 11 is 0. The summed E-state index contributed by atoms with van der Waals surface area (Å²) in [7, 11) is 0. The number of aromatic amines is 1. The van der Waals surface area contributed by atoms with Crippen molar-refractivity contribution < 1.29 is 4.79 Å². The van der Waals surface area contributed by atoms with Crippen molar-refractivity contribution in [1.82, 2.24) is 9.97 Å². The van der Waals surface area contributed by atoms with Gasteiger partial charge in [-0.05, 0) is 18.8 Å². The maximum Gasteiger partial charge on any atom is 0.345 e. The molecule has 1 aromatic rings. The number of aryl methyl sites for hydroxylation is 1. The lowest BCUT2D eigenvalue weighted by atomic mass is 9.90. The number of ketones is 1. The second-order valence-corrected chi connectivity index (χ2v) is 4.21. The van der Waals surface area contributed by atoms with Gasteiger partial charge in [0.25, 0.3) is 0 Å². The topological polar surface area (TPSA) is 62.8 Å². The highest BCUT2D eigenvalue weighted by molar-refractivity contribution is 5.99. The van der Waals surface area contributed by atoms with E-state index in [0.29, 0.717) is 17.7 Å². The summed E-state index contributed by atoms with van der Waals surface area (Å²) in [4.78, 5) is 29.6. The predicted octanol–water partition coefficient (Wildman–Crippen LogP) is 1.41. The van der Waals surface area contributed by atoms with Gasteiger partial charge in [0.05, 0.1) is 11.3 Å².